The average Bonchev–Trinajstić information content (AvgIpc) is 2.28. The molecule has 16 heavy (non-hydrogen) atoms. The molecular formula is C11H18O5. The van der Waals surface area contributed by atoms with E-state index in [4.69, 9.17) is 9.47 Å². The Kier molecular flexibility index (Phi) is 5.85. The van der Waals surface area contributed by atoms with Crippen LogP contribution in [0.25, 0.3) is 0 Å². The first-order valence-electron chi connectivity index (χ1n) is 5.65. The lowest BCUT2D eigenvalue weighted by Crippen LogP contribution is -2.26. The molecule has 0 radical (unpaired) electrons. The molecule has 0 aliphatic carbocycles. The number of hydrogen-bond acceptors (Lipinski definition) is 5. The Morgan fingerprint density at radius 3 is 2.62 bits per heavy atom. The lowest BCUT2D eigenvalue weighted by molar-refractivity contribution is -0.157. The van der Waals surface area contributed by atoms with Crippen LogP contribution in [0.1, 0.15) is 32.6 Å². The molecule has 1 atom stereocenters. The van der Waals surface area contributed by atoms with E-state index >= 15 is 0 Å². The SMILES string of the molecule is CCOC(=O)CC(=O)OCC1CCCCO1. The van der Waals surface area contributed by atoms with Gasteiger partial charge in [0.05, 0.1) is 12.7 Å². The number of esters is 2. The molecule has 1 fully saturated rings. The average molecular weight is 230 g/mol. The zero-order valence-electron chi connectivity index (χ0n) is 9.57. The van der Waals surface area contributed by atoms with Gasteiger partial charge in [0.25, 0.3) is 0 Å². The Labute approximate surface area is 95.0 Å². The van der Waals surface area contributed by atoms with Crippen LogP contribution in [0.4, 0.5) is 0 Å². The predicted molar refractivity (Wildman–Crippen MR) is 55.8 cm³/mol. The van der Waals surface area contributed by atoms with Crippen LogP contribution in [0.15, 0.2) is 0 Å². The Balaban J connectivity index is 2.11. The quantitative estimate of drug-likeness (QED) is 0.522. The van der Waals surface area contributed by atoms with Gasteiger partial charge in [0.1, 0.15) is 13.0 Å². The summed E-state index contributed by atoms with van der Waals surface area (Å²) in [5.74, 6) is -1.09. The lowest BCUT2D eigenvalue weighted by Gasteiger charge is -2.21. The molecule has 0 aromatic carbocycles. The topological polar surface area (TPSA) is 61.8 Å². The van der Waals surface area contributed by atoms with Crippen molar-refractivity contribution in [1.29, 1.82) is 0 Å². The molecule has 0 N–H and O–H groups in total. The Morgan fingerprint density at radius 1 is 1.25 bits per heavy atom. The fraction of sp³-hybridized carbons (Fsp3) is 0.818. The molecule has 92 valence electrons. The van der Waals surface area contributed by atoms with Crippen molar-refractivity contribution in [2.75, 3.05) is 19.8 Å². The second kappa shape index (κ2) is 7.22. The molecule has 0 bridgehead atoms. The highest BCUT2D eigenvalue weighted by atomic mass is 16.6. The fourth-order valence-electron chi connectivity index (χ4n) is 1.51. The maximum Gasteiger partial charge on any atom is 0.317 e. The van der Waals surface area contributed by atoms with Crippen molar-refractivity contribution in [3.05, 3.63) is 0 Å². The van der Waals surface area contributed by atoms with Crippen molar-refractivity contribution >= 4 is 11.9 Å². The molecule has 0 amide bonds. The second-order valence-corrected chi connectivity index (χ2v) is 3.65. The van der Waals surface area contributed by atoms with Crippen LogP contribution in [-0.2, 0) is 23.8 Å². The molecule has 1 aliphatic rings. The van der Waals surface area contributed by atoms with Gasteiger partial charge in [-0.1, -0.05) is 0 Å². The van der Waals surface area contributed by atoms with Gasteiger partial charge in [0.2, 0.25) is 0 Å². The monoisotopic (exact) mass is 230 g/mol. The standard InChI is InChI=1S/C11H18O5/c1-2-14-10(12)7-11(13)16-8-9-5-3-4-6-15-9/h9H,2-8H2,1H3. The summed E-state index contributed by atoms with van der Waals surface area (Å²) in [6.07, 6.45) is 2.74. The van der Waals surface area contributed by atoms with Crippen molar-refractivity contribution in [1.82, 2.24) is 0 Å². The summed E-state index contributed by atoms with van der Waals surface area (Å²) in [6, 6.07) is 0. The van der Waals surface area contributed by atoms with Gasteiger partial charge >= 0.3 is 11.9 Å². The van der Waals surface area contributed by atoms with Gasteiger partial charge in [0.15, 0.2) is 0 Å². The maximum absolute atomic E-state index is 11.2. The number of ether oxygens (including phenoxy) is 3. The summed E-state index contributed by atoms with van der Waals surface area (Å²) < 4.78 is 15.0. The third kappa shape index (κ3) is 5.11. The van der Waals surface area contributed by atoms with Gasteiger partial charge < -0.3 is 14.2 Å². The summed E-state index contributed by atoms with van der Waals surface area (Å²) in [6.45, 7) is 2.93. The molecule has 5 nitrogen and oxygen atoms in total. The van der Waals surface area contributed by atoms with Gasteiger partial charge in [-0.05, 0) is 26.2 Å². The summed E-state index contributed by atoms with van der Waals surface area (Å²) in [5.41, 5.74) is 0. The minimum atomic E-state index is -0.548. The molecule has 0 saturated carbocycles. The highest BCUT2D eigenvalue weighted by Crippen LogP contribution is 2.12. The first-order chi connectivity index (χ1) is 7.72. The summed E-state index contributed by atoms with van der Waals surface area (Å²) in [5, 5.41) is 0. The minimum Gasteiger partial charge on any atom is -0.466 e. The van der Waals surface area contributed by atoms with E-state index in [1.54, 1.807) is 6.92 Å². The smallest absolute Gasteiger partial charge is 0.317 e. The lowest BCUT2D eigenvalue weighted by atomic mass is 10.1. The van der Waals surface area contributed by atoms with Crippen molar-refractivity contribution < 1.29 is 23.8 Å². The van der Waals surface area contributed by atoms with Crippen molar-refractivity contribution in [3.63, 3.8) is 0 Å². The van der Waals surface area contributed by atoms with Crippen LogP contribution in [0, 0.1) is 0 Å². The van der Waals surface area contributed by atoms with Gasteiger partial charge in [-0.25, -0.2) is 0 Å². The minimum absolute atomic E-state index is 0.0140. The van der Waals surface area contributed by atoms with Crippen LogP contribution >= 0.6 is 0 Å². The molecule has 0 spiro atoms. The number of carbonyl (C=O) groups excluding carboxylic acids is 2. The van der Waals surface area contributed by atoms with Crippen LogP contribution < -0.4 is 0 Å². The zero-order valence-corrected chi connectivity index (χ0v) is 9.57. The molecule has 5 heteroatoms. The summed E-state index contributed by atoms with van der Waals surface area (Å²) in [7, 11) is 0. The fourth-order valence-corrected chi connectivity index (χ4v) is 1.51. The van der Waals surface area contributed by atoms with Crippen LogP contribution in [0.5, 0.6) is 0 Å². The molecule has 1 heterocycles. The molecule has 1 rings (SSSR count). The Bertz CT molecular complexity index is 233. The van der Waals surface area contributed by atoms with Gasteiger partial charge in [-0.15, -0.1) is 0 Å². The van der Waals surface area contributed by atoms with Gasteiger partial charge in [-0.3, -0.25) is 9.59 Å². The molecule has 0 aromatic heterocycles. The molecule has 1 saturated heterocycles. The van der Waals surface area contributed by atoms with Crippen LogP contribution in [-0.4, -0.2) is 37.9 Å². The van der Waals surface area contributed by atoms with E-state index in [9.17, 15) is 9.59 Å². The van der Waals surface area contributed by atoms with Gasteiger partial charge in [-0.2, -0.15) is 0 Å². The largest absolute Gasteiger partial charge is 0.466 e. The molecular weight excluding hydrogens is 212 g/mol. The molecule has 1 aliphatic heterocycles. The van der Waals surface area contributed by atoms with E-state index in [1.165, 1.54) is 0 Å². The van der Waals surface area contributed by atoms with Gasteiger partial charge in [0, 0.05) is 6.61 Å². The van der Waals surface area contributed by atoms with Crippen molar-refractivity contribution in [2.24, 2.45) is 0 Å². The van der Waals surface area contributed by atoms with E-state index in [1.807, 2.05) is 0 Å². The van der Waals surface area contributed by atoms with Crippen molar-refractivity contribution in [2.45, 2.75) is 38.7 Å². The molecule has 1 unspecified atom stereocenters. The Hall–Kier alpha value is -1.10. The second-order valence-electron chi connectivity index (χ2n) is 3.65. The highest BCUT2D eigenvalue weighted by molar-refractivity contribution is 5.91. The first-order valence-corrected chi connectivity index (χ1v) is 5.65. The summed E-state index contributed by atoms with van der Waals surface area (Å²) in [4.78, 5) is 22.1. The van der Waals surface area contributed by atoms with E-state index in [-0.39, 0.29) is 25.7 Å². The molecule has 0 aromatic rings. The zero-order chi connectivity index (χ0) is 11.8. The summed E-state index contributed by atoms with van der Waals surface area (Å²) >= 11 is 0. The Morgan fingerprint density at radius 2 is 2.00 bits per heavy atom. The first kappa shape index (κ1) is 13.0. The highest BCUT2D eigenvalue weighted by Gasteiger charge is 2.17. The third-order valence-electron chi connectivity index (χ3n) is 2.30. The normalized spacial score (nSPS) is 20.2. The van der Waals surface area contributed by atoms with Crippen LogP contribution in [0.3, 0.4) is 0 Å². The number of rotatable bonds is 5. The third-order valence-corrected chi connectivity index (χ3v) is 2.30. The van der Waals surface area contributed by atoms with Crippen LogP contribution in [0.2, 0.25) is 0 Å². The van der Waals surface area contributed by atoms with E-state index < -0.39 is 11.9 Å². The van der Waals surface area contributed by atoms with E-state index in [0.29, 0.717) is 0 Å². The maximum atomic E-state index is 11.2. The predicted octanol–water partition coefficient (Wildman–Crippen LogP) is 1.05. The van der Waals surface area contributed by atoms with Crippen molar-refractivity contribution in [3.8, 4) is 0 Å². The van der Waals surface area contributed by atoms with E-state index in [0.717, 1.165) is 25.9 Å². The number of carbonyl (C=O) groups is 2. The number of hydrogen-bond donors (Lipinski definition) is 0. The van der Waals surface area contributed by atoms with E-state index in [2.05, 4.69) is 4.74 Å².